The zero-order chi connectivity index (χ0) is 19.8. The zero-order valence-electron chi connectivity index (χ0n) is 15.1. The molecule has 0 fully saturated rings. The smallest absolute Gasteiger partial charge is 0.310 e. The van der Waals surface area contributed by atoms with Gasteiger partial charge in [-0.05, 0) is 43.7 Å². The lowest BCUT2D eigenvalue weighted by molar-refractivity contribution is -0.386. The minimum atomic E-state index is -0.935. The molecule has 8 nitrogen and oxygen atoms in total. The van der Waals surface area contributed by atoms with Crippen molar-refractivity contribution in [2.75, 3.05) is 10.6 Å². The average molecular weight is 371 g/mol. The largest absolute Gasteiger partial charge is 0.474 e. The summed E-state index contributed by atoms with van der Waals surface area (Å²) < 4.78 is 5.43. The summed E-state index contributed by atoms with van der Waals surface area (Å²) in [6.07, 6.45) is 0.270. The number of nitrogens with one attached hydrogen (secondary N) is 2. The van der Waals surface area contributed by atoms with E-state index in [0.717, 1.165) is 6.42 Å². The average Bonchev–Trinajstić information content (AvgIpc) is 2.63. The number of carbonyl (C=O) groups excluding carboxylic acids is 2. The number of hydrogen-bond donors (Lipinski definition) is 2. The van der Waals surface area contributed by atoms with Crippen LogP contribution >= 0.6 is 0 Å². The molecule has 0 bridgehead atoms. The fourth-order valence-corrected chi connectivity index (χ4v) is 2.28. The molecule has 8 heteroatoms. The van der Waals surface area contributed by atoms with Crippen LogP contribution in [0.25, 0.3) is 0 Å². The van der Waals surface area contributed by atoms with E-state index < -0.39 is 16.9 Å². The van der Waals surface area contributed by atoms with Crippen LogP contribution in [0.1, 0.15) is 26.7 Å². The molecular weight excluding hydrogens is 350 g/mol. The van der Waals surface area contributed by atoms with Gasteiger partial charge in [-0.15, -0.1) is 0 Å². The van der Waals surface area contributed by atoms with E-state index in [1.807, 2.05) is 6.92 Å². The SMILES string of the molecule is CCCC(=O)Nc1ccc(NC(=O)C(C)Oc2ccccc2[N+](=O)[O-])cc1. The number of carbonyl (C=O) groups is 2. The quantitative estimate of drug-likeness (QED) is 0.542. The molecule has 2 aromatic rings. The predicted molar refractivity (Wildman–Crippen MR) is 102 cm³/mol. The van der Waals surface area contributed by atoms with Crippen molar-refractivity contribution in [2.24, 2.45) is 0 Å². The number of rotatable bonds is 8. The van der Waals surface area contributed by atoms with Crippen LogP contribution in [0, 0.1) is 10.1 Å². The number of ether oxygens (including phenoxy) is 1. The van der Waals surface area contributed by atoms with E-state index >= 15 is 0 Å². The van der Waals surface area contributed by atoms with Crippen molar-refractivity contribution in [3.05, 3.63) is 58.6 Å². The van der Waals surface area contributed by atoms with Gasteiger partial charge in [0.1, 0.15) is 0 Å². The van der Waals surface area contributed by atoms with Crippen LogP contribution in [-0.2, 0) is 9.59 Å². The van der Waals surface area contributed by atoms with Crippen LogP contribution < -0.4 is 15.4 Å². The summed E-state index contributed by atoms with van der Waals surface area (Å²) in [6, 6.07) is 12.5. The van der Waals surface area contributed by atoms with Gasteiger partial charge in [-0.1, -0.05) is 19.1 Å². The molecule has 2 rings (SSSR count). The van der Waals surface area contributed by atoms with Gasteiger partial charge in [-0.25, -0.2) is 0 Å². The highest BCUT2D eigenvalue weighted by molar-refractivity contribution is 5.95. The van der Waals surface area contributed by atoms with Gasteiger partial charge in [0.15, 0.2) is 11.9 Å². The highest BCUT2D eigenvalue weighted by atomic mass is 16.6. The fourth-order valence-electron chi connectivity index (χ4n) is 2.28. The van der Waals surface area contributed by atoms with Crippen LogP contribution in [0.15, 0.2) is 48.5 Å². The highest BCUT2D eigenvalue weighted by Gasteiger charge is 2.20. The second kappa shape index (κ2) is 9.33. The van der Waals surface area contributed by atoms with Gasteiger partial charge in [0, 0.05) is 23.9 Å². The van der Waals surface area contributed by atoms with E-state index in [4.69, 9.17) is 4.74 Å². The molecule has 142 valence electrons. The maximum atomic E-state index is 12.3. The van der Waals surface area contributed by atoms with Crippen LogP contribution in [0.5, 0.6) is 5.75 Å². The predicted octanol–water partition coefficient (Wildman–Crippen LogP) is 3.74. The lowest BCUT2D eigenvalue weighted by Crippen LogP contribution is -2.30. The first kappa shape index (κ1) is 19.9. The van der Waals surface area contributed by atoms with Crippen molar-refractivity contribution in [2.45, 2.75) is 32.8 Å². The second-order valence-corrected chi connectivity index (χ2v) is 5.85. The Hall–Kier alpha value is -3.42. The molecule has 0 heterocycles. The van der Waals surface area contributed by atoms with E-state index in [0.29, 0.717) is 17.8 Å². The molecule has 0 spiro atoms. The topological polar surface area (TPSA) is 111 Å². The number of anilines is 2. The van der Waals surface area contributed by atoms with Crippen molar-refractivity contribution >= 4 is 28.9 Å². The van der Waals surface area contributed by atoms with Gasteiger partial charge in [-0.3, -0.25) is 19.7 Å². The Labute approximate surface area is 156 Å². The van der Waals surface area contributed by atoms with E-state index in [2.05, 4.69) is 10.6 Å². The molecule has 0 aromatic heterocycles. The van der Waals surface area contributed by atoms with Gasteiger partial charge < -0.3 is 15.4 Å². The normalized spacial score (nSPS) is 11.3. The van der Waals surface area contributed by atoms with Crippen LogP contribution in [-0.4, -0.2) is 22.8 Å². The van der Waals surface area contributed by atoms with E-state index in [-0.39, 0.29) is 17.3 Å². The summed E-state index contributed by atoms with van der Waals surface area (Å²) in [7, 11) is 0. The Morgan fingerprint density at radius 1 is 1.07 bits per heavy atom. The van der Waals surface area contributed by atoms with Crippen molar-refractivity contribution < 1.29 is 19.2 Å². The first-order chi connectivity index (χ1) is 12.9. The van der Waals surface area contributed by atoms with Gasteiger partial charge >= 0.3 is 5.69 Å². The molecule has 0 saturated carbocycles. The zero-order valence-corrected chi connectivity index (χ0v) is 15.1. The lowest BCUT2D eigenvalue weighted by Gasteiger charge is -2.15. The van der Waals surface area contributed by atoms with Gasteiger partial charge in [0.2, 0.25) is 5.91 Å². The van der Waals surface area contributed by atoms with E-state index in [1.54, 1.807) is 30.3 Å². The third kappa shape index (κ3) is 5.81. The van der Waals surface area contributed by atoms with E-state index in [9.17, 15) is 19.7 Å². The maximum Gasteiger partial charge on any atom is 0.310 e. The lowest BCUT2D eigenvalue weighted by atomic mass is 10.2. The summed E-state index contributed by atoms with van der Waals surface area (Å²) >= 11 is 0. The number of benzene rings is 2. The second-order valence-electron chi connectivity index (χ2n) is 5.85. The molecule has 0 aliphatic rings. The molecule has 0 aliphatic carbocycles. The number of hydrogen-bond acceptors (Lipinski definition) is 5. The molecule has 0 saturated heterocycles. The Bertz CT molecular complexity index is 820. The van der Waals surface area contributed by atoms with Gasteiger partial charge in [0.05, 0.1) is 4.92 Å². The van der Waals surface area contributed by atoms with Gasteiger partial charge in [0.25, 0.3) is 5.91 Å². The van der Waals surface area contributed by atoms with Crippen molar-refractivity contribution in [3.8, 4) is 5.75 Å². The molecule has 27 heavy (non-hydrogen) atoms. The van der Waals surface area contributed by atoms with Crippen LogP contribution in [0.4, 0.5) is 17.1 Å². The van der Waals surface area contributed by atoms with Gasteiger partial charge in [-0.2, -0.15) is 0 Å². The minimum Gasteiger partial charge on any atom is -0.474 e. The number of para-hydroxylation sites is 2. The summed E-state index contributed by atoms with van der Waals surface area (Å²) in [5.41, 5.74) is 0.950. The van der Waals surface area contributed by atoms with E-state index in [1.165, 1.54) is 25.1 Å². The highest BCUT2D eigenvalue weighted by Crippen LogP contribution is 2.27. The Balaban J connectivity index is 1.96. The standard InChI is InChI=1S/C19H21N3O5/c1-3-6-18(23)20-14-9-11-15(12-10-14)21-19(24)13(2)27-17-8-5-4-7-16(17)22(25)26/h4-5,7-13H,3,6H2,1-2H3,(H,20,23)(H,21,24). The van der Waals surface area contributed by atoms with Crippen LogP contribution in [0.3, 0.4) is 0 Å². The number of nitrogens with zero attached hydrogens (tertiary/aromatic N) is 1. The molecule has 1 atom stereocenters. The minimum absolute atomic E-state index is 0.0270. The molecule has 2 aromatic carbocycles. The third-order valence-corrected chi connectivity index (χ3v) is 3.65. The summed E-state index contributed by atoms with van der Waals surface area (Å²) in [6.45, 7) is 3.43. The third-order valence-electron chi connectivity index (χ3n) is 3.65. The Kier molecular flexibility index (Phi) is 6.87. The molecule has 1 unspecified atom stereocenters. The van der Waals surface area contributed by atoms with Crippen molar-refractivity contribution in [3.63, 3.8) is 0 Å². The fraction of sp³-hybridized carbons (Fsp3) is 0.263. The molecule has 0 radical (unpaired) electrons. The number of nitro benzene ring substituents is 1. The monoisotopic (exact) mass is 371 g/mol. The Morgan fingerprint density at radius 2 is 1.67 bits per heavy atom. The molecule has 2 N–H and O–H groups in total. The molecule has 2 amide bonds. The first-order valence-corrected chi connectivity index (χ1v) is 8.51. The van der Waals surface area contributed by atoms with Crippen LogP contribution in [0.2, 0.25) is 0 Å². The maximum absolute atomic E-state index is 12.3. The summed E-state index contributed by atoms with van der Waals surface area (Å²) in [4.78, 5) is 34.3. The number of amides is 2. The van der Waals surface area contributed by atoms with Crippen molar-refractivity contribution in [1.29, 1.82) is 0 Å². The Morgan fingerprint density at radius 3 is 2.26 bits per heavy atom. The summed E-state index contributed by atoms with van der Waals surface area (Å²) in [5, 5.41) is 16.4. The first-order valence-electron chi connectivity index (χ1n) is 8.51. The molecular formula is C19H21N3O5. The summed E-state index contributed by atoms with van der Waals surface area (Å²) in [5.74, 6) is -0.490. The molecule has 0 aliphatic heterocycles. The number of nitro groups is 1. The van der Waals surface area contributed by atoms with Crippen molar-refractivity contribution in [1.82, 2.24) is 0 Å².